The maximum Gasteiger partial charge on any atom is 0.303 e. The Morgan fingerprint density at radius 3 is 2.46 bits per heavy atom. The van der Waals surface area contributed by atoms with Crippen molar-refractivity contribution in [2.75, 3.05) is 19.1 Å². The highest BCUT2D eigenvalue weighted by atomic mass is 79.9. The van der Waals surface area contributed by atoms with E-state index in [9.17, 15) is 29.1 Å². The second kappa shape index (κ2) is 9.78. The van der Waals surface area contributed by atoms with Crippen molar-refractivity contribution in [3.8, 4) is 11.5 Å². The summed E-state index contributed by atoms with van der Waals surface area (Å²) in [6.45, 7) is -0.0327. The number of phenols is 1. The number of imide groups is 2. The quantitative estimate of drug-likeness (QED) is 0.200. The van der Waals surface area contributed by atoms with Gasteiger partial charge < -0.3 is 14.9 Å². The zero-order valence-corrected chi connectivity index (χ0v) is 23.8. The van der Waals surface area contributed by atoms with Gasteiger partial charge in [-0.2, -0.15) is 0 Å². The van der Waals surface area contributed by atoms with Gasteiger partial charge in [0.25, 0.3) is 11.8 Å². The predicted octanol–water partition coefficient (Wildman–Crippen LogP) is 2.98. The molecule has 39 heavy (non-hydrogen) atoms. The molecule has 5 rings (SSSR count). The van der Waals surface area contributed by atoms with E-state index in [0.29, 0.717) is 11.1 Å². The first-order valence-electron chi connectivity index (χ1n) is 12.4. The molecule has 6 atom stereocenters. The number of hydrogen-bond donors (Lipinski definition) is 2. The number of likely N-dealkylation sites (tertiary alicyclic amines) is 2. The number of ether oxygens (including phenoxy) is 1. The topological polar surface area (TPSA) is 142 Å². The van der Waals surface area contributed by atoms with Crippen molar-refractivity contribution >= 4 is 68.7 Å². The van der Waals surface area contributed by atoms with Crippen LogP contribution in [0.4, 0.5) is 0 Å². The molecule has 13 heteroatoms. The number of aromatic hydroxyl groups is 1. The second-order valence-corrected chi connectivity index (χ2v) is 12.0. The molecule has 1 aromatic rings. The first-order chi connectivity index (χ1) is 18.4. The van der Waals surface area contributed by atoms with Crippen LogP contribution in [0.1, 0.15) is 37.2 Å². The second-order valence-electron chi connectivity index (χ2n) is 10.2. The predicted molar refractivity (Wildman–Crippen MR) is 142 cm³/mol. The fourth-order valence-corrected chi connectivity index (χ4v) is 8.11. The fourth-order valence-electron chi connectivity index (χ4n) is 6.69. The Kier molecular flexibility index (Phi) is 7.00. The van der Waals surface area contributed by atoms with E-state index in [1.54, 1.807) is 12.1 Å². The number of fused-ring (bicyclic) bond motifs is 4. The molecule has 0 radical (unpaired) electrons. The van der Waals surface area contributed by atoms with Crippen LogP contribution in [0.2, 0.25) is 0 Å². The summed E-state index contributed by atoms with van der Waals surface area (Å²) in [6.07, 6.45) is 1.75. The maximum atomic E-state index is 13.7. The summed E-state index contributed by atoms with van der Waals surface area (Å²) < 4.78 is 5.16. The molecule has 1 aromatic carbocycles. The van der Waals surface area contributed by atoms with Gasteiger partial charge in [-0.25, -0.2) is 0 Å². The number of phenolic OH excluding ortho intramolecular Hbond substituents is 1. The minimum absolute atomic E-state index is 0.0327. The van der Waals surface area contributed by atoms with Gasteiger partial charge in [0, 0.05) is 18.9 Å². The van der Waals surface area contributed by atoms with Gasteiger partial charge in [0.05, 0.1) is 24.4 Å². The van der Waals surface area contributed by atoms with E-state index >= 15 is 0 Å². The minimum atomic E-state index is -1.97. The lowest BCUT2D eigenvalue weighted by molar-refractivity contribution is -0.142. The molecule has 2 heterocycles. The molecule has 208 valence electrons. The fraction of sp³-hybridized carbons (Fsp3) is 0.500. The molecular weight excluding hydrogens is 619 g/mol. The number of carboxylic acid groups (broad SMARTS) is 1. The van der Waals surface area contributed by atoms with Gasteiger partial charge in [0.15, 0.2) is 21.2 Å². The first kappa shape index (κ1) is 27.9. The summed E-state index contributed by atoms with van der Waals surface area (Å²) in [6, 6.07) is 4.53. The van der Waals surface area contributed by atoms with E-state index in [2.05, 4.69) is 15.9 Å². The number of carboxylic acids is 1. The molecule has 1 saturated carbocycles. The molecule has 2 N–H and O–H groups in total. The lowest BCUT2D eigenvalue weighted by atomic mass is 9.56. The summed E-state index contributed by atoms with van der Waals surface area (Å²) in [7, 11) is 1.39. The van der Waals surface area contributed by atoms with E-state index in [1.807, 2.05) is 0 Å². The van der Waals surface area contributed by atoms with Crippen LogP contribution in [0.15, 0.2) is 29.8 Å². The summed E-state index contributed by atoms with van der Waals surface area (Å²) in [5.41, 5.74) is 0.854. The average molecular weight is 644 g/mol. The van der Waals surface area contributed by atoms with Gasteiger partial charge >= 0.3 is 5.97 Å². The van der Waals surface area contributed by atoms with Crippen LogP contribution in [0, 0.1) is 17.8 Å². The van der Waals surface area contributed by atoms with Crippen molar-refractivity contribution in [2.45, 2.75) is 41.3 Å². The molecule has 2 aliphatic heterocycles. The summed E-state index contributed by atoms with van der Waals surface area (Å²) in [5.74, 6) is -6.58. The van der Waals surface area contributed by atoms with Crippen molar-refractivity contribution in [1.82, 2.24) is 9.80 Å². The Morgan fingerprint density at radius 1 is 1.13 bits per heavy atom. The standard InChI is InChI=1S/C26H25BrCl2N2O8/c1-39-17-7-4-12(9-16(17)32)20-13-5-6-14-19(22(36)30(21(14)35)8-2-3-18(33)34)15(13)10-25(28)23(37)31(11-27)24(38)26(20,25)29/h4-5,7,9,14-15,19-20,32H,2-3,6,8,10-11H2,1H3,(H,33,34)/t14-,15+,19-,20-,25+,26-/m0/s1. The van der Waals surface area contributed by atoms with E-state index < -0.39 is 63.0 Å². The number of methoxy groups -OCH3 is 1. The van der Waals surface area contributed by atoms with Gasteiger partial charge in [0.1, 0.15) is 0 Å². The third-order valence-corrected chi connectivity index (χ3v) is 10.3. The van der Waals surface area contributed by atoms with Gasteiger partial charge in [-0.1, -0.05) is 33.6 Å². The number of amides is 4. The number of nitrogens with zero attached hydrogens (tertiary/aromatic N) is 2. The SMILES string of the molecule is COc1ccc([C@H]2C3=CC[C@@H]4C(=O)N(CCCC(=O)O)C(=O)[C@@H]4[C@@H]3C[C@@]3(Cl)C(=O)N(CBr)C(=O)[C@@]23Cl)cc1O. The summed E-state index contributed by atoms with van der Waals surface area (Å²) in [4.78, 5) is 63.3. The van der Waals surface area contributed by atoms with Gasteiger partial charge in [-0.05, 0) is 42.9 Å². The highest BCUT2D eigenvalue weighted by Crippen LogP contribution is 2.65. The number of carbonyl (C=O) groups excluding carboxylic acids is 4. The van der Waals surface area contributed by atoms with Crippen molar-refractivity contribution < 1.29 is 38.9 Å². The molecular formula is C26H25BrCl2N2O8. The Bertz CT molecular complexity index is 1340. The zero-order chi connectivity index (χ0) is 28.4. The lowest BCUT2D eigenvalue weighted by Gasteiger charge is -2.50. The zero-order valence-electron chi connectivity index (χ0n) is 20.7. The monoisotopic (exact) mass is 642 g/mol. The van der Waals surface area contributed by atoms with Crippen LogP contribution >= 0.6 is 39.1 Å². The van der Waals surface area contributed by atoms with Crippen LogP contribution in [0.3, 0.4) is 0 Å². The highest BCUT2D eigenvalue weighted by Gasteiger charge is 2.76. The van der Waals surface area contributed by atoms with Crippen molar-refractivity contribution in [2.24, 2.45) is 17.8 Å². The van der Waals surface area contributed by atoms with Crippen LogP contribution in [-0.2, 0) is 24.0 Å². The van der Waals surface area contributed by atoms with Crippen LogP contribution in [0.5, 0.6) is 11.5 Å². The van der Waals surface area contributed by atoms with Crippen molar-refractivity contribution in [3.05, 3.63) is 35.4 Å². The highest BCUT2D eigenvalue weighted by molar-refractivity contribution is 9.09. The van der Waals surface area contributed by atoms with Crippen molar-refractivity contribution in [3.63, 3.8) is 0 Å². The molecule has 4 aliphatic rings. The Hall–Kier alpha value is -2.63. The normalized spacial score (nSPS) is 33.6. The van der Waals surface area contributed by atoms with Crippen LogP contribution in [0.25, 0.3) is 0 Å². The number of benzene rings is 1. The molecule has 0 spiro atoms. The maximum absolute atomic E-state index is 13.7. The van der Waals surface area contributed by atoms with Crippen LogP contribution in [-0.4, -0.2) is 78.5 Å². The number of alkyl halides is 3. The van der Waals surface area contributed by atoms with Crippen LogP contribution < -0.4 is 4.74 Å². The summed E-state index contributed by atoms with van der Waals surface area (Å²) >= 11 is 17.4. The molecule has 0 aromatic heterocycles. The van der Waals surface area contributed by atoms with Gasteiger partial charge in [0.2, 0.25) is 11.8 Å². The molecule has 10 nitrogen and oxygen atoms in total. The van der Waals surface area contributed by atoms with E-state index in [1.165, 1.54) is 19.2 Å². The number of aliphatic carboxylic acids is 1. The number of halogens is 3. The third-order valence-electron chi connectivity index (χ3n) is 8.41. The van der Waals surface area contributed by atoms with Crippen molar-refractivity contribution in [1.29, 1.82) is 0 Å². The number of allylic oxidation sites excluding steroid dienone is 2. The van der Waals surface area contributed by atoms with E-state index in [0.717, 1.165) is 9.80 Å². The Balaban J connectivity index is 1.63. The number of rotatable bonds is 7. The Morgan fingerprint density at radius 2 is 1.85 bits per heavy atom. The smallest absolute Gasteiger partial charge is 0.303 e. The summed E-state index contributed by atoms with van der Waals surface area (Å²) in [5, 5.41) is 19.5. The lowest BCUT2D eigenvalue weighted by Crippen LogP contribution is -2.60. The van der Waals surface area contributed by atoms with Gasteiger partial charge in [-0.3, -0.25) is 33.8 Å². The molecule has 2 aliphatic carbocycles. The van der Waals surface area contributed by atoms with E-state index in [-0.39, 0.29) is 49.2 Å². The average Bonchev–Trinajstić information content (AvgIpc) is 3.21. The molecule has 2 saturated heterocycles. The first-order valence-corrected chi connectivity index (χ1v) is 14.2. The van der Waals surface area contributed by atoms with E-state index in [4.69, 9.17) is 33.0 Å². The number of carbonyl (C=O) groups is 5. The molecule has 4 amide bonds. The third kappa shape index (κ3) is 3.83. The largest absolute Gasteiger partial charge is 0.504 e. The molecule has 0 bridgehead atoms. The molecule has 0 unspecified atom stereocenters. The number of hydrogen-bond acceptors (Lipinski definition) is 7. The Labute approximate surface area is 242 Å². The minimum Gasteiger partial charge on any atom is -0.504 e. The van der Waals surface area contributed by atoms with Gasteiger partial charge in [-0.15, -0.1) is 23.2 Å². The molecule has 3 fully saturated rings.